The van der Waals surface area contributed by atoms with Gasteiger partial charge in [-0.25, -0.2) is 9.97 Å². The molecule has 0 unspecified atom stereocenters. The first-order valence-electron chi connectivity index (χ1n) is 18.6. The van der Waals surface area contributed by atoms with Gasteiger partial charge in [-0.2, -0.15) is 0 Å². The van der Waals surface area contributed by atoms with Crippen LogP contribution in [0.3, 0.4) is 0 Å². The minimum Gasteiger partial charge on any atom is -0.244 e. The minimum atomic E-state index is 0.813. The fraction of sp³-hybridized carbons (Fsp3) is 0.0800. The van der Waals surface area contributed by atoms with Crippen LogP contribution < -0.4 is 0 Å². The number of benzene rings is 6. The van der Waals surface area contributed by atoms with Crippen molar-refractivity contribution in [1.82, 2.24) is 9.97 Å². The van der Waals surface area contributed by atoms with Crippen LogP contribution in [0.25, 0.3) is 70.5 Å². The topological polar surface area (TPSA) is 25.8 Å². The molecule has 0 saturated carbocycles. The van der Waals surface area contributed by atoms with E-state index in [2.05, 4.69) is 136 Å². The number of fused-ring (bicyclic) bond motifs is 8. The second kappa shape index (κ2) is 13.7. The molecule has 10 rings (SSSR count). The van der Waals surface area contributed by atoms with Crippen LogP contribution in [0.4, 0.5) is 0 Å². The summed E-state index contributed by atoms with van der Waals surface area (Å²) in [5.74, 6) is 0. The highest BCUT2D eigenvalue weighted by atomic mass is 32.2. The van der Waals surface area contributed by atoms with Crippen LogP contribution in [-0.2, 0) is 0 Å². The van der Waals surface area contributed by atoms with Crippen molar-refractivity contribution >= 4 is 94.1 Å². The minimum absolute atomic E-state index is 0.813. The lowest BCUT2D eigenvalue weighted by molar-refractivity contribution is 1.02. The average Bonchev–Trinajstić information content (AvgIpc) is 3.61. The molecular formula is C50H36N2S3. The number of nitrogens with zero attached hydrogens (tertiary/aromatic N) is 2. The average molecular weight is 761 g/mol. The summed E-state index contributed by atoms with van der Waals surface area (Å²) in [6.07, 6.45) is 13.1. The van der Waals surface area contributed by atoms with E-state index < -0.39 is 0 Å². The van der Waals surface area contributed by atoms with Crippen molar-refractivity contribution in [2.45, 2.75) is 46.3 Å². The molecule has 1 aliphatic heterocycles. The monoisotopic (exact) mass is 760 g/mol. The van der Waals surface area contributed by atoms with E-state index in [0.29, 0.717) is 0 Å². The van der Waals surface area contributed by atoms with Crippen molar-refractivity contribution in [3.63, 3.8) is 0 Å². The molecule has 0 fully saturated rings. The van der Waals surface area contributed by atoms with E-state index in [0.717, 1.165) is 52.0 Å². The molecule has 0 radical (unpaired) electrons. The van der Waals surface area contributed by atoms with Crippen molar-refractivity contribution in [2.24, 2.45) is 0 Å². The van der Waals surface area contributed by atoms with E-state index >= 15 is 0 Å². The Balaban J connectivity index is 1.32. The fourth-order valence-electron chi connectivity index (χ4n) is 8.27. The molecule has 6 aromatic carbocycles. The zero-order valence-corrected chi connectivity index (χ0v) is 33.1. The lowest BCUT2D eigenvalue weighted by Gasteiger charge is -2.25. The maximum absolute atomic E-state index is 5.50. The smallest absolute Gasteiger partial charge is 0.0984 e. The Morgan fingerprint density at radius 3 is 2.27 bits per heavy atom. The first-order chi connectivity index (χ1) is 27.0. The van der Waals surface area contributed by atoms with Gasteiger partial charge in [0, 0.05) is 56.5 Å². The van der Waals surface area contributed by atoms with Gasteiger partial charge in [0.2, 0.25) is 0 Å². The van der Waals surface area contributed by atoms with Crippen LogP contribution in [-0.4, -0.2) is 9.97 Å². The third kappa shape index (κ3) is 5.56. The zero-order valence-electron chi connectivity index (χ0n) is 30.6. The highest BCUT2D eigenvalue weighted by Crippen LogP contribution is 2.54. The first-order valence-corrected chi connectivity index (χ1v) is 21.1. The van der Waals surface area contributed by atoms with E-state index in [1.807, 2.05) is 53.1 Å². The van der Waals surface area contributed by atoms with Gasteiger partial charge >= 0.3 is 0 Å². The molecule has 2 nitrogen and oxygen atoms in total. The quantitative estimate of drug-likeness (QED) is 0.158. The van der Waals surface area contributed by atoms with Crippen LogP contribution in [0.5, 0.6) is 0 Å². The Morgan fingerprint density at radius 2 is 1.45 bits per heavy atom. The first kappa shape index (κ1) is 34.1. The van der Waals surface area contributed by atoms with E-state index in [1.165, 1.54) is 78.4 Å². The molecule has 3 heterocycles. The number of para-hydroxylation sites is 2. The molecule has 1 aliphatic carbocycles. The van der Waals surface area contributed by atoms with Crippen LogP contribution in [0.1, 0.15) is 47.7 Å². The van der Waals surface area contributed by atoms with Gasteiger partial charge in [-0.3, -0.25) is 0 Å². The maximum Gasteiger partial charge on any atom is 0.0984 e. The largest absolute Gasteiger partial charge is 0.244 e. The van der Waals surface area contributed by atoms with E-state index in [-0.39, 0.29) is 0 Å². The normalized spacial score (nSPS) is 14.0. The summed E-state index contributed by atoms with van der Waals surface area (Å²) in [5, 5.41) is 5.02. The molecule has 0 atom stereocenters. The summed E-state index contributed by atoms with van der Waals surface area (Å²) in [4.78, 5) is 15.9. The molecule has 0 amide bonds. The van der Waals surface area contributed by atoms with Crippen LogP contribution in [0.15, 0.2) is 166 Å². The van der Waals surface area contributed by atoms with Crippen molar-refractivity contribution in [3.05, 3.63) is 174 Å². The Kier molecular flexibility index (Phi) is 8.47. The lowest BCUT2D eigenvalue weighted by atomic mass is 9.80. The van der Waals surface area contributed by atoms with E-state index in [9.17, 15) is 0 Å². The van der Waals surface area contributed by atoms with Crippen LogP contribution in [0.2, 0.25) is 0 Å². The maximum atomic E-state index is 5.50. The second-order valence-corrected chi connectivity index (χ2v) is 17.3. The van der Waals surface area contributed by atoms with Crippen LogP contribution in [0, 0.1) is 6.92 Å². The molecule has 2 aromatic heterocycles. The number of hydrogen-bond donors (Lipinski definition) is 0. The molecule has 0 saturated heterocycles. The van der Waals surface area contributed by atoms with Crippen molar-refractivity contribution in [3.8, 4) is 11.3 Å². The summed E-state index contributed by atoms with van der Waals surface area (Å²) >= 11 is 5.51. The van der Waals surface area contributed by atoms with Crippen LogP contribution >= 0.6 is 34.9 Å². The Morgan fingerprint density at radius 1 is 0.727 bits per heavy atom. The van der Waals surface area contributed by atoms with Gasteiger partial charge in [-0.05, 0) is 102 Å². The second-order valence-electron chi connectivity index (χ2n) is 14.1. The summed E-state index contributed by atoms with van der Waals surface area (Å²) in [7, 11) is 0. The molecule has 2 aliphatic rings. The molecule has 5 heteroatoms. The number of thiophene rings is 1. The molecule has 0 spiro atoms. The number of hydrogen-bond acceptors (Lipinski definition) is 5. The summed E-state index contributed by atoms with van der Waals surface area (Å²) in [6.45, 7) is 13.7. The summed E-state index contributed by atoms with van der Waals surface area (Å²) in [5.41, 5.74) is 12.7. The highest BCUT2D eigenvalue weighted by molar-refractivity contribution is 8.05. The fourth-order valence-corrected chi connectivity index (χ4v) is 12.0. The molecule has 8 aromatic rings. The standard InChI is InChI=1S/C50H36N2S3/c1-5-6-18-34-30(3)43(33-19-9-7-16-29(33)2)44(50-46(34)45-35-20-10-8-17-32(35)27-28-41(45)55-50)31(4)47-48(52-38-23-12-11-22-37(38)51-47)36-21-15-26-42-49(36)54-40-25-14-13-24-39(40)53-42/h5-6,8,10-28H,1,4,7,9H2,2-3H3/b18-6-. The SMILES string of the molecule is C=C/C=C\c1c(C)c(C2=CCCC=C2C)c(C(=C)c2nc3ccccc3nc2-c2cccc3c2Sc2ccccc2S3)c2sc3ccc4ccccc4c3c12. The van der Waals surface area contributed by atoms with Crippen molar-refractivity contribution in [1.29, 1.82) is 0 Å². The Labute approximate surface area is 333 Å². The third-order valence-corrected chi connectivity index (χ3v) is 14.6. The predicted octanol–water partition coefficient (Wildman–Crippen LogP) is 15.1. The number of aromatic nitrogens is 2. The van der Waals surface area contributed by atoms with Crippen molar-refractivity contribution < 1.29 is 0 Å². The lowest BCUT2D eigenvalue weighted by Crippen LogP contribution is -2.06. The van der Waals surface area contributed by atoms with E-state index in [1.54, 1.807) is 0 Å². The van der Waals surface area contributed by atoms with E-state index in [4.69, 9.17) is 16.5 Å². The summed E-state index contributed by atoms with van der Waals surface area (Å²) < 4.78 is 2.47. The number of rotatable bonds is 6. The predicted molar refractivity (Wildman–Crippen MR) is 240 cm³/mol. The molecule has 0 bridgehead atoms. The van der Waals surface area contributed by atoms with Gasteiger partial charge in [0.25, 0.3) is 0 Å². The molecule has 55 heavy (non-hydrogen) atoms. The number of allylic oxidation sites excluding steroid dienone is 6. The Hall–Kier alpha value is -5.46. The summed E-state index contributed by atoms with van der Waals surface area (Å²) in [6, 6.07) is 36.8. The molecular weight excluding hydrogens is 725 g/mol. The van der Waals surface area contributed by atoms with Gasteiger partial charge in [0.15, 0.2) is 0 Å². The highest BCUT2D eigenvalue weighted by Gasteiger charge is 2.29. The van der Waals surface area contributed by atoms with Gasteiger partial charge in [0.05, 0.1) is 22.4 Å². The third-order valence-electron chi connectivity index (χ3n) is 10.8. The van der Waals surface area contributed by atoms with Gasteiger partial charge < -0.3 is 0 Å². The zero-order chi connectivity index (χ0) is 37.2. The van der Waals surface area contributed by atoms with Gasteiger partial charge in [-0.15, -0.1) is 11.3 Å². The molecule has 0 N–H and O–H groups in total. The Bertz CT molecular complexity index is 3050. The van der Waals surface area contributed by atoms with Crippen molar-refractivity contribution in [2.75, 3.05) is 0 Å². The van der Waals surface area contributed by atoms with Gasteiger partial charge in [-0.1, -0.05) is 134 Å². The van der Waals surface area contributed by atoms with Gasteiger partial charge in [0.1, 0.15) is 0 Å². The molecule has 264 valence electrons.